The molecular formula is C8H7BrFN. The largest absolute Gasteiger partial charge is 0.249 e. The van der Waals surface area contributed by atoms with Crippen LogP contribution in [0.2, 0.25) is 0 Å². The number of nitrogens with zero attached hydrogens (tertiary/aromatic N) is 1. The van der Waals surface area contributed by atoms with E-state index in [-0.39, 0.29) is 5.82 Å². The molecule has 0 radical (unpaired) electrons. The third-order valence-corrected chi connectivity index (χ3v) is 2.30. The summed E-state index contributed by atoms with van der Waals surface area (Å²) in [7, 11) is 0. The van der Waals surface area contributed by atoms with Crippen molar-refractivity contribution in [1.82, 2.24) is 4.98 Å². The molecule has 3 heteroatoms. The van der Waals surface area contributed by atoms with Gasteiger partial charge in [-0.3, -0.25) is 0 Å². The summed E-state index contributed by atoms with van der Waals surface area (Å²) in [6.45, 7) is 0. The fraction of sp³-hybridized carbons (Fsp3) is 0.375. The van der Waals surface area contributed by atoms with Crippen LogP contribution >= 0.6 is 15.9 Å². The highest BCUT2D eigenvalue weighted by atomic mass is 79.9. The fourth-order valence-corrected chi connectivity index (χ4v) is 1.42. The summed E-state index contributed by atoms with van der Waals surface area (Å²) in [5, 5.41) is 0. The first-order valence-electron chi connectivity index (χ1n) is 3.58. The third kappa shape index (κ3) is 1.43. The Morgan fingerprint density at radius 1 is 1.55 bits per heavy atom. The molecule has 11 heavy (non-hydrogen) atoms. The van der Waals surface area contributed by atoms with Gasteiger partial charge in [0.15, 0.2) is 0 Å². The van der Waals surface area contributed by atoms with Crippen molar-refractivity contribution in [3.8, 4) is 0 Å². The van der Waals surface area contributed by atoms with Crippen LogP contribution in [0.3, 0.4) is 0 Å². The first kappa shape index (κ1) is 7.22. The quantitative estimate of drug-likeness (QED) is 0.657. The highest BCUT2D eigenvalue weighted by molar-refractivity contribution is 9.10. The zero-order chi connectivity index (χ0) is 7.84. The lowest BCUT2D eigenvalue weighted by Gasteiger charge is -1.98. The van der Waals surface area contributed by atoms with Crippen molar-refractivity contribution in [2.24, 2.45) is 0 Å². The predicted molar refractivity (Wildman–Crippen MR) is 43.9 cm³/mol. The number of halogens is 2. The molecular weight excluding hydrogens is 209 g/mol. The average Bonchev–Trinajstić information content (AvgIpc) is 2.70. The molecule has 1 saturated carbocycles. The van der Waals surface area contributed by atoms with Crippen molar-refractivity contribution >= 4 is 15.9 Å². The van der Waals surface area contributed by atoms with E-state index in [9.17, 15) is 4.39 Å². The van der Waals surface area contributed by atoms with Gasteiger partial charge >= 0.3 is 0 Å². The molecule has 1 aromatic heterocycles. The van der Waals surface area contributed by atoms with Gasteiger partial charge < -0.3 is 0 Å². The minimum atomic E-state index is -0.130. The summed E-state index contributed by atoms with van der Waals surface area (Å²) >= 11 is 3.11. The summed E-state index contributed by atoms with van der Waals surface area (Å²) in [6, 6.07) is 1.42. The third-order valence-electron chi connectivity index (χ3n) is 1.87. The molecule has 1 aliphatic rings. The Bertz CT molecular complexity index is 283. The number of hydrogen-bond donors (Lipinski definition) is 0. The molecule has 1 aliphatic carbocycles. The number of hydrogen-bond acceptors (Lipinski definition) is 1. The van der Waals surface area contributed by atoms with Crippen molar-refractivity contribution < 1.29 is 4.39 Å². The summed E-state index contributed by atoms with van der Waals surface area (Å²) in [6.07, 6.45) is 3.84. The molecule has 1 nitrogen and oxygen atoms in total. The zero-order valence-electron chi connectivity index (χ0n) is 5.85. The number of pyridine rings is 1. The Morgan fingerprint density at radius 3 is 2.82 bits per heavy atom. The SMILES string of the molecule is Fc1cc(Br)ncc1C1CC1. The average molecular weight is 216 g/mol. The van der Waals surface area contributed by atoms with E-state index < -0.39 is 0 Å². The molecule has 0 N–H and O–H groups in total. The van der Waals surface area contributed by atoms with E-state index in [1.807, 2.05) is 0 Å². The molecule has 58 valence electrons. The van der Waals surface area contributed by atoms with Crippen molar-refractivity contribution in [1.29, 1.82) is 0 Å². The van der Waals surface area contributed by atoms with Crippen LogP contribution in [0.1, 0.15) is 24.3 Å². The molecule has 0 aromatic carbocycles. The molecule has 1 heterocycles. The van der Waals surface area contributed by atoms with Crippen molar-refractivity contribution in [2.45, 2.75) is 18.8 Å². The topological polar surface area (TPSA) is 12.9 Å². The van der Waals surface area contributed by atoms with Crippen LogP contribution in [0, 0.1) is 5.82 Å². The first-order valence-corrected chi connectivity index (χ1v) is 4.37. The normalized spacial score (nSPS) is 16.9. The van der Waals surface area contributed by atoms with Crippen LogP contribution < -0.4 is 0 Å². The van der Waals surface area contributed by atoms with Gasteiger partial charge in [-0.2, -0.15) is 0 Å². The van der Waals surface area contributed by atoms with Crippen LogP contribution in [-0.2, 0) is 0 Å². The lowest BCUT2D eigenvalue weighted by molar-refractivity contribution is 0.606. The minimum absolute atomic E-state index is 0.130. The zero-order valence-corrected chi connectivity index (χ0v) is 7.44. The maximum Gasteiger partial charge on any atom is 0.130 e. The summed E-state index contributed by atoms with van der Waals surface area (Å²) < 4.78 is 13.6. The van der Waals surface area contributed by atoms with Crippen LogP contribution in [0.25, 0.3) is 0 Å². The van der Waals surface area contributed by atoms with Gasteiger partial charge in [0.1, 0.15) is 10.4 Å². The molecule has 0 atom stereocenters. The fourth-order valence-electron chi connectivity index (χ4n) is 1.11. The van der Waals surface area contributed by atoms with E-state index in [0.717, 1.165) is 18.4 Å². The molecule has 0 saturated heterocycles. The monoisotopic (exact) mass is 215 g/mol. The predicted octanol–water partition coefficient (Wildman–Crippen LogP) is 2.86. The maximum atomic E-state index is 13.1. The van der Waals surface area contributed by atoms with Crippen LogP contribution in [-0.4, -0.2) is 4.98 Å². The smallest absolute Gasteiger partial charge is 0.130 e. The molecule has 0 bridgehead atoms. The second-order valence-corrected chi connectivity index (χ2v) is 3.62. The summed E-state index contributed by atoms with van der Waals surface area (Å²) in [5.41, 5.74) is 0.771. The van der Waals surface area contributed by atoms with Gasteiger partial charge in [0.05, 0.1) is 0 Å². The van der Waals surface area contributed by atoms with Gasteiger partial charge in [0.2, 0.25) is 0 Å². The molecule has 0 spiro atoms. The van der Waals surface area contributed by atoms with E-state index in [2.05, 4.69) is 20.9 Å². The van der Waals surface area contributed by atoms with Gasteiger partial charge in [-0.15, -0.1) is 0 Å². The van der Waals surface area contributed by atoms with Crippen LogP contribution in [0.4, 0.5) is 4.39 Å². The first-order chi connectivity index (χ1) is 5.27. The molecule has 0 aliphatic heterocycles. The Kier molecular flexibility index (Phi) is 1.68. The van der Waals surface area contributed by atoms with Crippen molar-refractivity contribution in [2.75, 3.05) is 0 Å². The number of aromatic nitrogens is 1. The Hall–Kier alpha value is -0.440. The van der Waals surface area contributed by atoms with Gasteiger partial charge in [-0.25, -0.2) is 9.37 Å². The molecule has 2 rings (SSSR count). The minimum Gasteiger partial charge on any atom is -0.249 e. The van der Waals surface area contributed by atoms with Crippen molar-refractivity contribution in [3.63, 3.8) is 0 Å². The van der Waals surface area contributed by atoms with E-state index in [1.165, 1.54) is 6.07 Å². The summed E-state index contributed by atoms with van der Waals surface area (Å²) in [4.78, 5) is 3.98. The van der Waals surface area contributed by atoms with Crippen LogP contribution in [0.5, 0.6) is 0 Å². The molecule has 1 fully saturated rings. The van der Waals surface area contributed by atoms with Gasteiger partial charge in [0.25, 0.3) is 0 Å². The van der Waals surface area contributed by atoms with E-state index in [0.29, 0.717) is 10.5 Å². The standard InChI is InChI=1S/C8H7BrFN/c9-8-3-7(10)6(4-11-8)5-1-2-5/h3-5H,1-2H2. The molecule has 1 aromatic rings. The van der Waals surface area contributed by atoms with Crippen molar-refractivity contribution in [3.05, 3.63) is 28.2 Å². The number of rotatable bonds is 1. The lowest BCUT2D eigenvalue weighted by atomic mass is 10.2. The Labute approximate surface area is 72.8 Å². The second kappa shape index (κ2) is 2.55. The highest BCUT2D eigenvalue weighted by Gasteiger charge is 2.26. The van der Waals surface area contributed by atoms with Gasteiger partial charge in [-0.05, 0) is 34.7 Å². The second-order valence-electron chi connectivity index (χ2n) is 2.80. The van der Waals surface area contributed by atoms with E-state index >= 15 is 0 Å². The summed E-state index contributed by atoms with van der Waals surface area (Å²) in [5.74, 6) is 0.310. The van der Waals surface area contributed by atoms with E-state index in [1.54, 1.807) is 6.20 Å². The molecule has 0 amide bonds. The van der Waals surface area contributed by atoms with Gasteiger partial charge in [-0.1, -0.05) is 0 Å². The maximum absolute atomic E-state index is 13.1. The lowest BCUT2D eigenvalue weighted by Crippen LogP contribution is -1.88. The molecule has 0 unspecified atom stereocenters. The van der Waals surface area contributed by atoms with E-state index in [4.69, 9.17) is 0 Å². The Balaban J connectivity index is 2.39. The highest BCUT2D eigenvalue weighted by Crippen LogP contribution is 2.41. The van der Waals surface area contributed by atoms with Gasteiger partial charge in [0, 0.05) is 17.8 Å². The Morgan fingerprint density at radius 2 is 2.27 bits per heavy atom. The van der Waals surface area contributed by atoms with Crippen LogP contribution in [0.15, 0.2) is 16.9 Å².